The number of nitrogens with zero attached hydrogens (tertiary/aromatic N) is 2. The highest BCUT2D eigenvalue weighted by Gasteiger charge is 2.34. The maximum absolute atomic E-state index is 14.0. The van der Waals surface area contributed by atoms with Gasteiger partial charge in [0.2, 0.25) is 0 Å². The van der Waals surface area contributed by atoms with Crippen molar-refractivity contribution >= 4 is 21.6 Å². The molecule has 0 spiro atoms. The monoisotopic (exact) mass is 302 g/mol. The van der Waals surface area contributed by atoms with Crippen molar-refractivity contribution in [2.75, 3.05) is 24.0 Å². The smallest absolute Gasteiger partial charge is 0.257 e. The number of nitrogens with two attached hydrogens (primary N) is 1. The molecule has 1 amide bonds. The Balaban J connectivity index is 2.24. The normalized spacial score (nSPS) is 20.6. The number of aromatic nitrogens is 1. The molecule has 1 aliphatic rings. The van der Waals surface area contributed by atoms with Crippen molar-refractivity contribution in [3.05, 3.63) is 23.6 Å². The van der Waals surface area contributed by atoms with Gasteiger partial charge < -0.3 is 10.3 Å². The van der Waals surface area contributed by atoms with Crippen molar-refractivity contribution in [2.45, 2.75) is 12.5 Å². The lowest BCUT2D eigenvalue weighted by Gasteiger charge is -2.23. The van der Waals surface area contributed by atoms with Gasteiger partial charge in [-0.3, -0.25) is 4.79 Å². The Hall–Kier alpha value is -1.74. The molecule has 0 aliphatic carbocycles. The van der Waals surface area contributed by atoms with Crippen molar-refractivity contribution in [2.24, 2.45) is 5.84 Å². The number of nitrogens with one attached hydrogen (secondary N) is 1. The number of sulfone groups is 1. The van der Waals surface area contributed by atoms with E-state index in [0.717, 1.165) is 0 Å². The molecule has 1 aromatic rings. The summed E-state index contributed by atoms with van der Waals surface area (Å²) in [6, 6.07) is 0.799. The molecule has 0 bridgehead atoms. The van der Waals surface area contributed by atoms with Crippen LogP contribution in [0.3, 0.4) is 0 Å². The van der Waals surface area contributed by atoms with Gasteiger partial charge in [-0.05, 0) is 12.5 Å². The number of anilines is 1. The van der Waals surface area contributed by atoms with E-state index in [0.29, 0.717) is 6.42 Å². The fourth-order valence-electron chi connectivity index (χ4n) is 2.15. The number of carbonyl (C=O) groups excluding carboxylic acids is 1. The maximum atomic E-state index is 14.0. The minimum atomic E-state index is -3.11. The van der Waals surface area contributed by atoms with E-state index < -0.39 is 27.6 Å². The Morgan fingerprint density at radius 2 is 2.30 bits per heavy atom. The number of pyridine rings is 1. The summed E-state index contributed by atoms with van der Waals surface area (Å²) < 4.78 is 36.8. The molecule has 3 N–H and O–H groups in total. The van der Waals surface area contributed by atoms with Crippen LogP contribution in [-0.4, -0.2) is 48.8 Å². The number of hydrogen-bond donors (Lipinski definition) is 2. The Bertz CT molecular complexity index is 635. The SMILES string of the molecule is CN(C(=O)c1ccnc(NN)c1F)C1CCS(=O)(=O)C1. The molecular weight excluding hydrogens is 287 g/mol. The predicted molar refractivity (Wildman–Crippen MR) is 71.2 cm³/mol. The second-order valence-electron chi connectivity index (χ2n) is 4.64. The molecule has 1 aromatic heterocycles. The van der Waals surface area contributed by atoms with E-state index in [-0.39, 0.29) is 22.9 Å². The van der Waals surface area contributed by atoms with Crippen LogP contribution in [0.5, 0.6) is 0 Å². The summed E-state index contributed by atoms with van der Waals surface area (Å²) >= 11 is 0. The standard InChI is InChI=1S/C11H15FN4O3S/c1-16(7-3-5-20(18,19)6-7)11(17)8-2-4-14-10(15-13)9(8)12/h2,4,7H,3,5-6,13H2,1H3,(H,14,15). The summed E-state index contributed by atoms with van der Waals surface area (Å²) in [5, 5.41) is 0. The predicted octanol–water partition coefficient (Wildman–Crippen LogP) is -0.235. The van der Waals surface area contributed by atoms with E-state index in [4.69, 9.17) is 5.84 Å². The van der Waals surface area contributed by atoms with Crippen molar-refractivity contribution in [3.63, 3.8) is 0 Å². The van der Waals surface area contributed by atoms with E-state index in [9.17, 15) is 17.6 Å². The van der Waals surface area contributed by atoms with Crippen molar-refractivity contribution in [3.8, 4) is 0 Å². The molecule has 1 aliphatic heterocycles. The third-order valence-corrected chi connectivity index (χ3v) is 5.08. The molecule has 2 rings (SSSR count). The number of carbonyl (C=O) groups is 1. The fraction of sp³-hybridized carbons (Fsp3) is 0.455. The molecule has 1 saturated heterocycles. The second kappa shape index (κ2) is 5.33. The molecule has 0 radical (unpaired) electrons. The van der Waals surface area contributed by atoms with Crippen LogP contribution in [0.4, 0.5) is 10.2 Å². The van der Waals surface area contributed by atoms with Gasteiger partial charge in [-0.25, -0.2) is 23.6 Å². The second-order valence-corrected chi connectivity index (χ2v) is 6.87. The van der Waals surface area contributed by atoms with Crippen LogP contribution in [0.2, 0.25) is 0 Å². The van der Waals surface area contributed by atoms with Gasteiger partial charge >= 0.3 is 0 Å². The Kier molecular flexibility index (Phi) is 3.91. The summed E-state index contributed by atoms with van der Waals surface area (Å²) in [6.07, 6.45) is 1.62. The van der Waals surface area contributed by atoms with Crippen LogP contribution in [0.25, 0.3) is 0 Å². The Labute approximate surface area is 115 Å². The molecule has 0 aromatic carbocycles. The van der Waals surface area contributed by atoms with Crippen LogP contribution >= 0.6 is 0 Å². The summed E-state index contributed by atoms with van der Waals surface area (Å²) in [4.78, 5) is 17.1. The zero-order valence-corrected chi connectivity index (χ0v) is 11.7. The van der Waals surface area contributed by atoms with Gasteiger partial charge in [0, 0.05) is 19.3 Å². The molecular formula is C11H15FN4O3S. The molecule has 1 atom stereocenters. The van der Waals surface area contributed by atoms with Crippen molar-refractivity contribution in [1.29, 1.82) is 0 Å². The number of hydrazine groups is 1. The zero-order chi connectivity index (χ0) is 14.9. The largest absolute Gasteiger partial charge is 0.338 e. The van der Waals surface area contributed by atoms with Gasteiger partial charge in [-0.1, -0.05) is 0 Å². The molecule has 20 heavy (non-hydrogen) atoms. The third kappa shape index (κ3) is 2.73. The minimum absolute atomic E-state index is 0.0454. The van der Waals surface area contributed by atoms with Crippen LogP contribution in [0, 0.1) is 5.82 Å². The van der Waals surface area contributed by atoms with Gasteiger partial charge in [0.1, 0.15) is 0 Å². The maximum Gasteiger partial charge on any atom is 0.257 e. The number of hydrogen-bond acceptors (Lipinski definition) is 6. The molecule has 1 unspecified atom stereocenters. The van der Waals surface area contributed by atoms with Gasteiger partial charge in [-0.15, -0.1) is 0 Å². The Morgan fingerprint density at radius 3 is 2.85 bits per heavy atom. The summed E-state index contributed by atoms with van der Waals surface area (Å²) in [6.45, 7) is 0. The lowest BCUT2D eigenvalue weighted by molar-refractivity contribution is 0.0743. The van der Waals surface area contributed by atoms with E-state index >= 15 is 0 Å². The van der Waals surface area contributed by atoms with Crippen LogP contribution in [0.1, 0.15) is 16.8 Å². The number of halogens is 1. The van der Waals surface area contributed by atoms with E-state index in [1.807, 2.05) is 0 Å². The lowest BCUT2D eigenvalue weighted by atomic mass is 10.1. The third-order valence-electron chi connectivity index (χ3n) is 3.33. The summed E-state index contributed by atoms with van der Waals surface area (Å²) in [5.41, 5.74) is 1.86. The fourth-order valence-corrected chi connectivity index (χ4v) is 3.92. The number of rotatable bonds is 3. The van der Waals surface area contributed by atoms with E-state index in [2.05, 4.69) is 10.4 Å². The first kappa shape index (κ1) is 14.7. The average molecular weight is 302 g/mol. The first-order valence-electron chi connectivity index (χ1n) is 5.94. The minimum Gasteiger partial charge on any atom is -0.338 e. The van der Waals surface area contributed by atoms with Crippen LogP contribution in [-0.2, 0) is 9.84 Å². The molecule has 9 heteroatoms. The molecule has 110 valence electrons. The highest BCUT2D eigenvalue weighted by molar-refractivity contribution is 7.91. The van der Waals surface area contributed by atoms with E-state index in [1.54, 1.807) is 0 Å². The van der Waals surface area contributed by atoms with Crippen molar-refractivity contribution in [1.82, 2.24) is 9.88 Å². The van der Waals surface area contributed by atoms with E-state index in [1.165, 1.54) is 24.2 Å². The molecule has 0 saturated carbocycles. The first-order valence-corrected chi connectivity index (χ1v) is 7.76. The number of nitrogen functional groups attached to an aromatic ring is 1. The number of amides is 1. The molecule has 7 nitrogen and oxygen atoms in total. The quantitative estimate of drug-likeness (QED) is 0.590. The van der Waals surface area contributed by atoms with Gasteiger partial charge in [0.25, 0.3) is 5.91 Å². The summed E-state index contributed by atoms with van der Waals surface area (Å²) in [5.74, 6) is 3.37. The Morgan fingerprint density at radius 1 is 1.60 bits per heavy atom. The molecule has 2 heterocycles. The zero-order valence-electron chi connectivity index (χ0n) is 10.8. The van der Waals surface area contributed by atoms with Gasteiger partial charge in [0.05, 0.1) is 17.1 Å². The average Bonchev–Trinajstić information content (AvgIpc) is 2.78. The van der Waals surface area contributed by atoms with Crippen LogP contribution in [0.15, 0.2) is 12.3 Å². The lowest BCUT2D eigenvalue weighted by Crippen LogP contribution is -2.38. The molecule has 1 fully saturated rings. The highest BCUT2D eigenvalue weighted by Crippen LogP contribution is 2.21. The summed E-state index contributed by atoms with van der Waals surface area (Å²) in [7, 11) is -1.65. The van der Waals surface area contributed by atoms with Crippen molar-refractivity contribution < 1.29 is 17.6 Å². The topological polar surface area (TPSA) is 105 Å². The van der Waals surface area contributed by atoms with Gasteiger partial charge in [-0.2, -0.15) is 0 Å². The van der Waals surface area contributed by atoms with Gasteiger partial charge in [0.15, 0.2) is 21.5 Å². The highest BCUT2D eigenvalue weighted by atomic mass is 32.2. The first-order chi connectivity index (χ1) is 9.35. The van der Waals surface area contributed by atoms with Crippen LogP contribution < -0.4 is 11.3 Å².